The van der Waals surface area contributed by atoms with Crippen molar-refractivity contribution in [2.75, 3.05) is 0 Å². The minimum Gasteiger partial charge on any atom is -0.473 e. The molecule has 0 aliphatic rings. The summed E-state index contributed by atoms with van der Waals surface area (Å²) in [7, 11) is 1.88. The van der Waals surface area contributed by atoms with E-state index in [1.165, 1.54) is 0 Å². The maximum atomic E-state index is 9.10. The number of rotatable bonds is 1. The van der Waals surface area contributed by atoms with Crippen molar-refractivity contribution in [2.45, 2.75) is 13.0 Å². The monoisotopic (exact) mass is 215 g/mol. The maximum Gasteiger partial charge on any atom is 0.414 e. The largest absolute Gasteiger partial charge is 0.473 e. The minimum absolute atomic E-state index is 0.0960. The van der Waals surface area contributed by atoms with E-state index in [1.807, 2.05) is 20.2 Å². The molecule has 0 saturated carbocycles. The first kappa shape index (κ1) is 13.1. The van der Waals surface area contributed by atoms with Gasteiger partial charge in [0.05, 0.1) is 6.20 Å². The molecule has 0 spiro atoms. The Hall–Kier alpha value is -1.89. The molecule has 0 bridgehead atoms. The zero-order chi connectivity index (χ0) is 12.0. The van der Waals surface area contributed by atoms with Crippen molar-refractivity contribution < 1.29 is 19.8 Å². The maximum absolute atomic E-state index is 9.10. The van der Waals surface area contributed by atoms with Crippen LogP contribution in [0.4, 0.5) is 0 Å². The normalized spacial score (nSPS) is 11.1. The predicted octanol–water partition coefficient (Wildman–Crippen LogP) is -0.405. The molecule has 7 nitrogen and oxygen atoms in total. The fourth-order valence-corrected chi connectivity index (χ4v) is 0.675. The van der Waals surface area contributed by atoms with E-state index in [-0.39, 0.29) is 6.04 Å². The molecule has 4 N–H and O–H groups in total. The molecule has 1 aromatic rings. The smallest absolute Gasteiger partial charge is 0.414 e. The van der Waals surface area contributed by atoms with E-state index in [9.17, 15) is 0 Å². The third-order valence-corrected chi connectivity index (χ3v) is 1.43. The van der Waals surface area contributed by atoms with Crippen LogP contribution in [0.3, 0.4) is 0 Å². The van der Waals surface area contributed by atoms with E-state index >= 15 is 0 Å². The van der Waals surface area contributed by atoms with Crippen LogP contribution in [0.15, 0.2) is 12.4 Å². The molecule has 0 aromatic carbocycles. The summed E-state index contributed by atoms with van der Waals surface area (Å²) in [5.41, 5.74) is 6.65. The Labute approximate surface area is 86.1 Å². The van der Waals surface area contributed by atoms with Crippen molar-refractivity contribution in [2.24, 2.45) is 12.8 Å². The van der Waals surface area contributed by atoms with E-state index in [4.69, 9.17) is 25.5 Å². The standard InChI is InChI=1S/C6H11N3.C2H2O4/c1-5(7)6-3-8-9(2)4-6;3-1(4)2(5)6/h3-5H,7H2,1-2H3;(H,3,4)(H,5,6). The lowest BCUT2D eigenvalue weighted by Crippen LogP contribution is -2.09. The molecule has 0 radical (unpaired) electrons. The topological polar surface area (TPSA) is 118 Å². The van der Waals surface area contributed by atoms with Gasteiger partial charge in [-0.15, -0.1) is 0 Å². The quantitative estimate of drug-likeness (QED) is 0.548. The van der Waals surface area contributed by atoms with Crippen LogP contribution in [0, 0.1) is 0 Å². The number of carboxylic acids is 2. The summed E-state index contributed by atoms with van der Waals surface area (Å²) in [5, 5.41) is 18.8. The van der Waals surface area contributed by atoms with Gasteiger partial charge in [0.2, 0.25) is 0 Å². The molecule has 0 saturated heterocycles. The minimum atomic E-state index is -1.82. The molecule has 1 heterocycles. The highest BCUT2D eigenvalue weighted by Gasteiger charge is 2.04. The van der Waals surface area contributed by atoms with Gasteiger partial charge in [-0.25, -0.2) is 9.59 Å². The van der Waals surface area contributed by atoms with E-state index in [0.29, 0.717) is 0 Å². The molecule has 1 atom stereocenters. The zero-order valence-corrected chi connectivity index (χ0v) is 8.41. The van der Waals surface area contributed by atoms with Gasteiger partial charge in [-0.3, -0.25) is 4.68 Å². The first-order valence-corrected chi connectivity index (χ1v) is 4.05. The van der Waals surface area contributed by atoms with E-state index in [2.05, 4.69) is 5.10 Å². The highest BCUT2D eigenvalue weighted by molar-refractivity contribution is 6.27. The number of nitrogens with zero attached hydrogens (tertiary/aromatic N) is 2. The van der Waals surface area contributed by atoms with Crippen LogP contribution < -0.4 is 5.73 Å². The molecule has 0 aliphatic heterocycles. The van der Waals surface area contributed by atoms with Crippen molar-refractivity contribution in [3.63, 3.8) is 0 Å². The van der Waals surface area contributed by atoms with Gasteiger partial charge in [-0.05, 0) is 6.92 Å². The number of carboxylic acid groups (broad SMARTS) is 2. The number of aliphatic carboxylic acids is 2. The Morgan fingerprint density at radius 2 is 1.93 bits per heavy atom. The summed E-state index contributed by atoms with van der Waals surface area (Å²) < 4.78 is 1.75. The molecule has 1 rings (SSSR count). The first-order valence-electron chi connectivity index (χ1n) is 4.05. The average Bonchev–Trinajstić information content (AvgIpc) is 2.52. The van der Waals surface area contributed by atoms with Crippen molar-refractivity contribution in [3.8, 4) is 0 Å². The third kappa shape index (κ3) is 5.42. The molecular formula is C8H13N3O4. The fraction of sp³-hybridized carbons (Fsp3) is 0.375. The molecule has 1 unspecified atom stereocenters. The molecule has 15 heavy (non-hydrogen) atoms. The van der Waals surface area contributed by atoms with Crippen LogP contribution in [0.25, 0.3) is 0 Å². The number of aromatic nitrogens is 2. The Morgan fingerprint density at radius 3 is 2.07 bits per heavy atom. The summed E-state index contributed by atoms with van der Waals surface area (Å²) in [6, 6.07) is 0.0960. The van der Waals surface area contributed by atoms with Gasteiger partial charge in [-0.1, -0.05) is 0 Å². The molecule has 0 fully saturated rings. The zero-order valence-electron chi connectivity index (χ0n) is 8.41. The van der Waals surface area contributed by atoms with Crippen molar-refractivity contribution in [1.29, 1.82) is 0 Å². The van der Waals surface area contributed by atoms with Gasteiger partial charge in [0.15, 0.2) is 0 Å². The van der Waals surface area contributed by atoms with Crippen LogP contribution in [0.2, 0.25) is 0 Å². The molecule has 0 amide bonds. The summed E-state index contributed by atoms with van der Waals surface area (Å²) >= 11 is 0. The molecule has 7 heteroatoms. The van der Waals surface area contributed by atoms with E-state index in [1.54, 1.807) is 10.9 Å². The van der Waals surface area contributed by atoms with Gasteiger partial charge >= 0.3 is 11.9 Å². The summed E-state index contributed by atoms with van der Waals surface area (Å²) in [6.45, 7) is 1.94. The van der Waals surface area contributed by atoms with Gasteiger partial charge in [0, 0.05) is 24.8 Å². The van der Waals surface area contributed by atoms with Crippen LogP contribution in [0.5, 0.6) is 0 Å². The highest BCUT2D eigenvalue weighted by atomic mass is 16.4. The summed E-state index contributed by atoms with van der Waals surface area (Å²) in [4.78, 5) is 18.2. The highest BCUT2D eigenvalue weighted by Crippen LogP contribution is 2.05. The lowest BCUT2D eigenvalue weighted by atomic mass is 10.2. The Bertz CT molecular complexity index is 333. The third-order valence-electron chi connectivity index (χ3n) is 1.43. The first-order chi connectivity index (χ1) is 6.84. The van der Waals surface area contributed by atoms with E-state index < -0.39 is 11.9 Å². The summed E-state index contributed by atoms with van der Waals surface area (Å²) in [5.74, 6) is -3.65. The Kier molecular flexibility index (Phi) is 5.03. The molecular weight excluding hydrogens is 202 g/mol. The SMILES string of the molecule is CC(N)c1cnn(C)c1.O=C(O)C(=O)O. The Morgan fingerprint density at radius 1 is 1.47 bits per heavy atom. The summed E-state index contributed by atoms with van der Waals surface area (Å²) in [6.07, 6.45) is 3.70. The lowest BCUT2D eigenvalue weighted by molar-refractivity contribution is -0.159. The molecule has 84 valence electrons. The molecule has 0 aliphatic carbocycles. The average molecular weight is 215 g/mol. The van der Waals surface area contributed by atoms with Gasteiger partial charge in [0.25, 0.3) is 0 Å². The van der Waals surface area contributed by atoms with Crippen LogP contribution >= 0.6 is 0 Å². The van der Waals surface area contributed by atoms with Crippen molar-refractivity contribution in [3.05, 3.63) is 18.0 Å². The van der Waals surface area contributed by atoms with Gasteiger partial charge in [0.1, 0.15) is 0 Å². The number of hydrogen-bond donors (Lipinski definition) is 3. The van der Waals surface area contributed by atoms with Crippen molar-refractivity contribution in [1.82, 2.24) is 9.78 Å². The van der Waals surface area contributed by atoms with Gasteiger partial charge < -0.3 is 15.9 Å². The fourth-order valence-electron chi connectivity index (χ4n) is 0.675. The van der Waals surface area contributed by atoms with Crippen molar-refractivity contribution >= 4 is 11.9 Å². The van der Waals surface area contributed by atoms with Crippen LogP contribution in [-0.2, 0) is 16.6 Å². The number of nitrogens with two attached hydrogens (primary N) is 1. The number of carbonyl (C=O) groups is 2. The van der Waals surface area contributed by atoms with Gasteiger partial charge in [-0.2, -0.15) is 5.10 Å². The second kappa shape index (κ2) is 5.76. The van der Waals surface area contributed by atoms with E-state index in [0.717, 1.165) is 5.56 Å². The van der Waals surface area contributed by atoms with Crippen LogP contribution in [0.1, 0.15) is 18.5 Å². The molecule has 1 aromatic heterocycles. The predicted molar refractivity (Wildman–Crippen MR) is 51.1 cm³/mol. The second-order valence-corrected chi connectivity index (χ2v) is 2.85. The Balaban J connectivity index is 0.000000288. The lowest BCUT2D eigenvalue weighted by Gasteiger charge is -1.96. The number of hydrogen-bond acceptors (Lipinski definition) is 4. The number of aryl methyl sites for hydroxylation is 1. The van der Waals surface area contributed by atoms with Crippen LogP contribution in [-0.4, -0.2) is 31.9 Å². The second-order valence-electron chi connectivity index (χ2n) is 2.85.